The molecular formula is C22H19BrN2OS2. The van der Waals surface area contributed by atoms with E-state index >= 15 is 0 Å². The van der Waals surface area contributed by atoms with Gasteiger partial charge in [0, 0.05) is 21.2 Å². The third-order valence-electron chi connectivity index (χ3n) is 4.60. The van der Waals surface area contributed by atoms with Crippen LogP contribution in [0, 0.1) is 0 Å². The molecule has 0 aliphatic heterocycles. The maximum Gasteiger partial charge on any atom is 0.260 e. The number of thiophene rings is 1. The Morgan fingerprint density at radius 3 is 2.50 bits per heavy atom. The Bertz CT molecular complexity index is 1160. The molecule has 0 aliphatic rings. The first kappa shape index (κ1) is 19.4. The second kappa shape index (κ2) is 8.23. The molecule has 0 spiro atoms. The summed E-state index contributed by atoms with van der Waals surface area (Å²) in [6, 6.07) is 16.6. The van der Waals surface area contributed by atoms with Crippen LogP contribution < -0.4 is 5.56 Å². The van der Waals surface area contributed by atoms with Crippen LogP contribution in [0.3, 0.4) is 0 Å². The molecule has 28 heavy (non-hydrogen) atoms. The number of nitrogens with one attached hydrogen (secondary N) is 1. The van der Waals surface area contributed by atoms with Crippen molar-refractivity contribution in [3.05, 3.63) is 79.9 Å². The van der Waals surface area contributed by atoms with Crippen molar-refractivity contribution in [1.82, 2.24) is 9.97 Å². The number of thioether (sulfide) groups is 1. The summed E-state index contributed by atoms with van der Waals surface area (Å²) in [6.45, 7) is 4.36. The summed E-state index contributed by atoms with van der Waals surface area (Å²) in [6.07, 6.45) is 0. The Morgan fingerprint density at radius 1 is 1.11 bits per heavy atom. The average molecular weight is 471 g/mol. The molecule has 2 heterocycles. The average Bonchev–Trinajstić information content (AvgIpc) is 3.12. The molecule has 0 bridgehead atoms. The Balaban J connectivity index is 1.62. The standard InChI is InChI=1S/C22H19BrN2OS2/c1-13(2)15-5-7-16(8-6-15)18-12-27-21-19(18)20(26)24-22(25-21)28-11-14-3-9-17(23)10-4-14/h3-10,12-13H,11H2,1-2H3,(H,24,25,26). The van der Waals surface area contributed by atoms with Crippen molar-refractivity contribution in [1.29, 1.82) is 0 Å². The smallest absolute Gasteiger partial charge is 0.260 e. The fourth-order valence-electron chi connectivity index (χ4n) is 2.99. The normalized spacial score (nSPS) is 11.4. The molecule has 2 aromatic carbocycles. The first-order valence-corrected chi connectivity index (χ1v) is 11.7. The van der Waals surface area contributed by atoms with Gasteiger partial charge in [-0.1, -0.05) is 77.9 Å². The highest BCUT2D eigenvalue weighted by Gasteiger charge is 2.13. The fraction of sp³-hybridized carbons (Fsp3) is 0.182. The van der Waals surface area contributed by atoms with E-state index in [0.29, 0.717) is 16.5 Å². The van der Waals surface area contributed by atoms with Gasteiger partial charge in [-0.3, -0.25) is 4.79 Å². The summed E-state index contributed by atoms with van der Waals surface area (Å²) in [7, 11) is 0. The van der Waals surface area contributed by atoms with E-state index in [-0.39, 0.29) is 5.56 Å². The second-order valence-corrected chi connectivity index (χ2v) is 9.63. The third-order valence-corrected chi connectivity index (χ3v) is 6.94. The maximum absolute atomic E-state index is 12.8. The number of fused-ring (bicyclic) bond motifs is 1. The molecule has 4 aromatic rings. The van der Waals surface area contributed by atoms with E-state index in [1.165, 1.54) is 22.5 Å². The highest BCUT2D eigenvalue weighted by molar-refractivity contribution is 9.10. The fourth-order valence-corrected chi connectivity index (χ4v) is 5.08. The lowest BCUT2D eigenvalue weighted by Crippen LogP contribution is -2.08. The third kappa shape index (κ3) is 4.09. The lowest BCUT2D eigenvalue weighted by Gasteiger charge is -2.06. The van der Waals surface area contributed by atoms with Gasteiger partial charge in [-0.15, -0.1) is 11.3 Å². The topological polar surface area (TPSA) is 45.8 Å². The molecule has 6 heteroatoms. The summed E-state index contributed by atoms with van der Waals surface area (Å²) in [5.41, 5.74) is 4.41. The Hall–Kier alpha value is -1.89. The summed E-state index contributed by atoms with van der Waals surface area (Å²) in [5, 5.41) is 3.36. The van der Waals surface area contributed by atoms with E-state index in [1.807, 2.05) is 17.5 Å². The molecule has 142 valence electrons. The number of hydrogen-bond donors (Lipinski definition) is 1. The van der Waals surface area contributed by atoms with Crippen molar-refractivity contribution in [2.75, 3.05) is 0 Å². The number of aromatic amines is 1. The lowest BCUT2D eigenvalue weighted by atomic mass is 9.99. The van der Waals surface area contributed by atoms with Gasteiger partial charge in [-0.25, -0.2) is 4.98 Å². The summed E-state index contributed by atoms with van der Waals surface area (Å²) in [5.74, 6) is 1.25. The lowest BCUT2D eigenvalue weighted by molar-refractivity contribution is 0.867. The molecule has 0 aliphatic carbocycles. The highest BCUT2D eigenvalue weighted by Crippen LogP contribution is 2.32. The monoisotopic (exact) mass is 470 g/mol. The molecule has 0 saturated heterocycles. The number of halogens is 1. The summed E-state index contributed by atoms with van der Waals surface area (Å²) < 4.78 is 1.06. The molecule has 0 unspecified atom stereocenters. The van der Waals surface area contributed by atoms with E-state index < -0.39 is 0 Å². The van der Waals surface area contributed by atoms with E-state index in [0.717, 1.165) is 26.2 Å². The number of benzene rings is 2. The zero-order valence-corrected chi connectivity index (χ0v) is 18.7. The Morgan fingerprint density at radius 2 is 1.82 bits per heavy atom. The molecule has 2 aromatic heterocycles. The number of nitrogens with zero attached hydrogens (tertiary/aromatic N) is 1. The summed E-state index contributed by atoms with van der Waals surface area (Å²) in [4.78, 5) is 21.2. The van der Waals surface area contributed by atoms with E-state index in [9.17, 15) is 4.79 Å². The SMILES string of the molecule is CC(C)c1ccc(-c2csc3nc(SCc4ccc(Br)cc4)[nH]c(=O)c23)cc1. The number of hydrogen-bond acceptors (Lipinski definition) is 4. The van der Waals surface area contributed by atoms with Gasteiger partial charge in [-0.2, -0.15) is 0 Å². The minimum atomic E-state index is -0.0764. The van der Waals surface area contributed by atoms with Crippen molar-refractivity contribution >= 4 is 49.2 Å². The van der Waals surface area contributed by atoms with Crippen molar-refractivity contribution in [3.8, 4) is 11.1 Å². The van der Waals surface area contributed by atoms with Crippen LogP contribution in [-0.2, 0) is 5.75 Å². The minimum Gasteiger partial charge on any atom is -0.301 e. The Labute approximate surface area is 180 Å². The minimum absolute atomic E-state index is 0.0764. The predicted molar refractivity (Wildman–Crippen MR) is 123 cm³/mol. The number of H-pyrrole nitrogens is 1. The molecule has 0 atom stereocenters. The van der Waals surface area contributed by atoms with Crippen LogP contribution in [0.4, 0.5) is 0 Å². The van der Waals surface area contributed by atoms with Crippen LogP contribution in [0.5, 0.6) is 0 Å². The van der Waals surface area contributed by atoms with Crippen molar-refractivity contribution in [2.24, 2.45) is 0 Å². The van der Waals surface area contributed by atoms with Gasteiger partial charge in [-0.05, 0) is 34.7 Å². The largest absolute Gasteiger partial charge is 0.301 e. The van der Waals surface area contributed by atoms with Crippen molar-refractivity contribution in [3.63, 3.8) is 0 Å². The molecule has 1 N–H and O–H groups in total. The molecule has 3 nitrogen and oxygen atoms in total. The van der Waals surface area contributed by atoms with Crippen LogP contribution in [0.25, 0.3) is 21.3 Å². The van der Waals surface area contributed by atoms with Crippen molar-refractivity contribution < 1.29 is 0 Å². The van der Waals surface area contributed by atoms with Gasteiger partial charge in [0.2, 0.25) is 0 Å². The van der Waals surface area contributed by atoms with Gasteiger partial charge >= 0.3 is 0 Å². The van der Waals surface area contributed by atoms with E-state index in [4.69, 9.17) is 0 Å². The van der Waals surface area contributed by atoms with Gasteiger partial charge < -0.3 is 4.98 Å². The van der Waals surface area contributed by atoms with E-state index in [2.05, 4.69) is 76.1 Å². The zero-order valence-electron chi connectivity index (χ0n) is 15.5. The van der Waals surface area contributed by atoms with Gasteiger partial charge in [0.05, 0.1) is 5.39 Å². The molecule has 4 rings (SSSR count). The van der Waals surface area contributed by atoms with Crippen LogP contribution in [0.1, 0.15) is 30.9 Å². The first-order valence-electron chi connectivity index (χ1n) is 9.00. The molecule has 0 saturated carbocycles. The molecule has 0 radical (unpaired) electrons. The zero-order chi connectivity index (χ0) is 19.7. The summed E-state index contributed by atoms with van der Waals surface area (Å²) >= 11 is 6.51. The van der Waals surface area contributed by atoms with Crippen LogP contribution in [-0.4, -0.2) is 9.97 Å². The van der Waals surface area contributed by atoms with Crippen LogP contribution >= 0.6 is 39.0 Å². The van der Waals surface area contributed by atoms with Gasteiger partial charge in [0.15, 0.2) is 5.16 Å². The second-order valence-electron chi connectivity index (χ2n) is 6.89. The Kier molecular flexibility index (Phi) is 5.71. The quantitative estimate of drug-likeness (QED) is 0.256. The predicted octanol–water partition coefficient (Wildman–Crippen LogP) is 6.83. The van der Waals surface area contributed by atoms with E-state index in [1.54, 1.807) is 11.8 Å². The highest BCUT2D eigenvalue weighted by atomic mass is 79.9. The van der Waals surface area contributed by atoms with Gasteiger partial charge in [0.1, 0.15) is 4.83 Å². The first-order chi connectivity index (χ1) is 13.5. The van der Waals surface area contributed by atoms with Gasteiger partial charge in [0.25, 0.3) is 5.56 Å². The number of rotatable bonds is 5. The van der Waals surface area contributed by atoms with Crippen LogP contribution in [0.15, 0.2) is 68.3 Å². The molecule has 0 amide bonds. The molecular weight excluding hydrogens is 452 g/mol. The maximum atomic E-state index is 12.8. The van der Waals surface area contributed by atoms with Crippen LogP contribution in [0.2, 0.25) is 0 Å². The molecule has 0 fully saturated rings. The van der Waals surface area contributed by atoms with Crippen molar-refractivity contribution in [2.45, 2.75) is 30.7 Å². The number of aromatic nitrogens is 2.